The number of piperidine rings is 1. The number of fused-ring (bicyclic) bond motifs is 2. The molecule has 1 spiro atoms. The Labute approximate surface area is 166 Å². The molecule has 148 valence electrons. The largest absolute Gasteiger partial charge is 0.366 e. The maximum absolute atomic E-state index is 11.8. The van der Waals surface area contributed by atoms with Crippen LogP contribution in [0.15, 0.2) is 24.5 Å². The monoisotopic (exact) mass is 379 g/mol. The number of amides is 1. The maximum atomic E-state index is 11.8. The van der Waals surface area contributed by atoms with Crippen molar-refractivity contribution >= 4 is 17.4 Å². The molecule has 6 heteroatoms. The Morgan fingerprint density at radius 2 is 2.07 bits per heavy atom. The summed E-state index contributed by atoms with van der Waals surface area (Å²) in [7, 11) is 0. The van der Waals surface area contributed by atoms with Crippen molar-refractivity contribution in [3.63, 3.8) is 0 Å². The van der Waals surface area contributed by atoms with Crippen molar-refractivity contribution in [3.05, 3.63) is 46.9 Å². The first-order valence-corrected chi connectivity index (χ1v) is 10.2. The quantitative estimate of drug-likeness (QED) is 0.852. The van der Waals surface area contributed by atoms with Crippen molar-refractivity contribution in [1.29, 1.82) is 0 Å². The molecule has 0 saturated carbocycles. The van der Waals surface area contributed by atoms with Crippen LogP contribution < -0.4 is 16.0 Å². The lowest BCUT2D eigenvalue weighted by Gasteiger charge is -2.35. The van der Waals surface area contributed by atoms with Gasteiger partial charge in [0.25, 0.3) is 0 Å². The highest BCUT2D eigenvalue weighted by atomic mass is 16.1. The third kappa shape index (κ3) is 2.96. The normalized spacial score (nSPS) is 18.9. The fourth-order valence-electron chi connectivity index (χ4n) is 4.81. The molecule has 6 nitrogen and oxygen atoms in total. The van der Waals surface area contributed by atoms with Gasteiger partial charge in [-0.2, -0.15) is 0 Å². The molecule has 0 aliphatic carbocycles. The summed E-state index contributed by atoms with van der Waals surface area (Å²) in [5, 5.41) is 3.47. The molecule has 1 aromatic carbocycles. The van der Waals surface area contributed by atoms with Crippen molar-refractivity contribution in [1.82, 2.24) is 15.3 Å². The van der Waals surface area contributed by atoms with Gasteiger partial charge in [-0.3, -0.25) is 4.79 Å². The Hall–Kier alpha value is -2.47. The first-order valence-electron chi connectivity index (χ1n) is 10.2. The molecule has 1 atom stereocenters. The maximum Gasteiger partial charge on any atom is 0.248 e. The van der Waals surface area contributed by atoms with Crippen molar-refractivity contribution in [2.45, 2.75) is 51.4 Å². The SMILES string of the molecule is CC[C@@H](C)c1c(C)ncnc1N1CC2(CCNCC2)c2cc(C(N)=O)ccc21. The van der Waals surface area contributed by atoms with E-state index in [0.29, 0.717) is 11.5 Å². The van der Waals surface area contributed by atoms with Crippen molar-refractivity contribution < 1.29 is 4.79 Å². The van der Waals surface area contributed by atoms with Gasteiger partial charge >= 0.3 is 0 Å². The lowest BCUT2D eigenvalue weighted by molar-refractivity contribution is 0.1000. The van der Waals surface area contributed by atoms with E-state index in [1.54, 1.807) is 6.33 Å². The molecule has 1 aromatic heterocycles. The summed E-state index contributed by atoms with van der Waals surface area (Å²) in [5.74, 6) is 1.02. The molecule has 1 fully saturated rings. The van der Waals surface area contributed by atoms with Crippen LogP contribution in [0.3, 0.4) is 0 Å². The summed E-state index contributed by atoms with van der Waals surface area (Å²) in [6.07, 6.45) is 4.79. The molecule has 0 radical (unpaired) electrons. The Morgan fingerprint density at radius 1 is 1.32 bits per heavy atom. The fourth-order valence-corrected chi connectivity index (χ4v) is 4.81. The number of nitrogens with two attached hydrogens (primary N) is 1. The van der Waals surface area contributed by atoms with E-state index < -0.39 is 0 Å². The zero-order chi connectivity index (χ0) is 19.9. The van der Waals surface area contributed by atoms with Crippen molar-refractivity contribution in [2.24, 2.45) is 5.73 Å². The van der Waals surface area contributed by atoms with Crippen molar-refractivity contribution in [2.75, 3.05) is 24.5 Å². The third-order valence-electron chi connectivity index (χ3n) is 6.59. The van der Waals surface area contributed by atoms with E-state index in [1.165, 1.54) is 11.1 Å². The molecular formula is C22H29N5O. The highest BCUT2D eigenvalue weighted by Gasteiger charge is 2.45. The highest BCUT2D eigenvalue weighted by molar-refractivity contribution is 5.94. The van der Waals surface area contributed by atoms with Crippen LogP contribution in [0.4, 0.5) is 11.5 Å². The molecule has 1 saturated heterocycles. The smallest absolute Gasteiger partial charge is 0.248 e. The minimum atomic E-state index is -0.372. The van der Waals surface area contributed by atoms with E-state index in [1.807, 2.05) is 18.2 Å². The topological polar surface area (TPSA) is 84.1 Å². The Bertz CT molecular complexity index is 904. The minimum Gasteiger partial charge on any atom is -0.366 e. The number of nitrogens with zero attached hydrogens (tertiary/aromatic N) is 3. The van der Waals surface area contributed by atoms with Crippen LogP contribution in [-0.4, -0.2) is 35.5 Å². The first-order chi connectivity index (χ1) is 13.5. The number of carbonyl (C=O) groups is 1. The Kier molecular flexibility index (Phi) is 4.83. The summed E-state index contributed by atoms with van der Waals surface area (Å²) in [6, 6.07) is 5.90. The van der Waals surface area contributed by atoms with E-state index in [9.17, 15) is 4.79 Å². The number of aryl methyl sites for hydroxylation is 1. The van der Waals surface area contributed by atoms with Gasteiger partial charge in [0, 0.05) is 34.5 Å². The molecule has 2 aliphatic heterocycles. The first kappa shape index (κ1) is 18.9. The van der Waals surface area contributed by atoms with Gasteiger partial charge in [-0.25, -0.2) is 9.97 Å². The van der Waals surface area contributed by atoms with Gasteiger partial charge in [0.15, 0.2) is 0 Å². The van der Waals surface area contributed by atoms with Crippen LogP contribution in [0.5, 0.6) is 0 Å². The number of benzene rings is 1. The molecule has 3 N–H and O–H groups in total. The average molecular weight is 380 g/mol. The molecule has 2 aliphatic rings. The summed E-state index contributed by atoms with van der Waals surface area (Å²) in [5.41, 5.74) is 10.8. The highest BCUT2D eigenvalue weighted by Crippen LogP contribution is 2.50. The van der Waals surface area contributed by atoms with Gasteiger partial charge in [0.05, 0.1) is 0 Å². The Balaban J connectivity index is 1.88. The number of aromatic nitrogens is 2. The summed E-state index contributed by atoms with van der Waals surface area (Å²) in [4.78, 5) is 23.4. The van der Waals surface area contributed by atoms with Crippen LogP contribution in [-0.2, 0) is 5.41 Å². The standard InChI is InChI=1S/C22H29N5O/c1-4-14(2)19-15(3)25-13-26-21(19)27-12-22(7-9-24-10-8-22)17-11-16(20(23)28)5-6-18(17)27/h5-6,11,13-14,24H,4,7-10,12H2,1-3H3,(H2,23,28)/t14-/m1/s1. The molecule has 28 heavy (non-hydrogen) atoms. The van der Waals surface area contributed by atoms with Gasteiger partial charge in [-0.05, 0) is 69.0 Å². The third-order valence-corrected chi connectivity index (χ3v) is 6.59. The molecule has 0 bridgehead atoms. The molecule has 3 heterocycles. The van der Waals surface area contributed by atoms with Gasteiger partial charge < -0.3 is 16.0 Å². The number of nitrogens with one attached hydrogen (secondary N) is 1. The predicted molar refractivity (Wildman–Crippen MR) is 111 cm³/mol. The van der Waals surface area contributed by atoms with E-state index in [2.05, 4.69) is 36.0 Å². The minimum absolute atomic E-state index is 0.0254. The van der Waals surface area contributed by atoms with E-state index in [-0.39, 0.29) is 11.3 Å². The zero-order valence-corrected chi connectivity index (χ0v) is 17.0. The number of carbonyl (C=O) groups excluding carboxylic acids is 1. The van der Waals surface area contributed by atoms with Crippen LogP contribution in [0.2, 0.25) is 0 Å². The Morgan fingerprint density at radius 3 is 2.75 bits per heavy atom. The number of primary amides is 1. The molecule has 2 aromatic rings. The number of hydrogen-bond donors (Lipinski definition) is 2. The van der Waals surface area contributed by atoms with Crippen molar-refractivity contribution in [3.8, 4) is 0 Å². The fraction of sp³-hybridized carbons (Fsp3) is 0.500. The number of anilines is 2. The van der Waals surface area contributed by atoms with Crippen LogP contribution in [0.25, 0.3) is 0 Å². The number of rotatable bonds is 4. The van der Waals surface area contributed by atoms with Crippen LogP contribution in [0.1, 0.15) is 66.2 Å². The van der Waals surface area contributed by atoms with Gasteiger partial charge in [0.1, 0.15) is 12.1 Å². The zero-order valence-electron chi connectivity index (χ0n) is 17.0. The molecule has 1 amide bonds. The summed E-state index contributed by atoms with van der Waals surface area (Å²) >= 11 is 0. The second-order valence-electron chi connectivity index (χ2n) is 8.22. The molecule has 0 unspecified atom stereocenters. The lowest BCUT2D eigenvalue weighted by atomic mass is 9.74. The molecular weight excluding hydrogens is 350 g/mol. The predicted octanol–water partition coefficient (Wildman–Crippen LogP) is 3.17. The van der Waals surface area contributed by atoms with Gasteiger partial charge in [-0.15, -0.1) is 0 Å². The number of hydrogen-bond acceptors (Lipinski definition) is 5. The lowest BCUT2D eigenvalue weighted by Crippen LogP contribution is -2.42. The molecule has 4 rings (SSSR count). The summed E-state index contributed by atoms with van der Waals surface area (Å²) in [6.45, 7) is 9.35. The second kappa shape index (κ2) is 7.17. The van der Waals surface area contributed by atoms with E-state index in [4.69, 9.17) is 10.7 Å². The van der Waals surface area contributed by atoms with Crippen LogP contribution in [0, 0.1) is 6.92 Å². The summed E-state index contributed by atoms with van der Waals surface area (Å²) < 4.78 is 0. The average Bonchev–Trinajstić information content (AvgIpc) is 3.01. The second-order valence-corrected chi connectivity index (χ2v) is 8.22. The van der Waals surface area contributed by atoms with Gasteiger partial charge in [-0.1, -0.05) is 13.8 Å². The van der Waals surface area contributed by atoms with E-state index >= 15 is 0 Å². The van der Waals surface area contributed by atoms with E-state index in [0.717, 1.165) is 56.1 Å². The van der Waals surface area contributed by atoms with Crippen LogP contribution >= 0.6 is 0 Å². The van der Waals surface area contributed by atoms with Gasteiger partial charge in [0.2, 0.25) is 5.91 Å².